The number of benzene rings is 1. The zero-order valence-electron chi connectivity index (χ0n) is 7.76. The predicted octanol–water partition coefficient (Wildman–Crippen LogP) is 2.27. The van der Waals surface area contributed by atoms with E-state index in [-0.39, 0.29) is 5.69 Å². The number of rotatable bonds is 2. The molecule has 0 aliphatic carbocycles. The molecule has 0 atom stereocenters. The van der Waals surface area contributed by atoms with E-state index in [4.69, 9.17) is 28.3 Å². The van der Waals surface area contributed by atoms with Crippen LogP contribution in [-0.4, -0.2) is 26.1 Å². The Bertz CT molecular complexity index is 553. The van der Waals surface area contributed by atoms with Crippen LogP contribution < -0.4 is 0 Å². The lowest BCUT2D eigenvalue weighted by Crippen LogP contribution is -1.96. The van der Waals surface area contributed by atoms with Crippen molar-refractivity contribution < 1.29 is 9.90 Å². The van der Waals surface area contributed by atoms with Gasteiger partial charge in [0.2, 0.25) is 0 Å². The highest BCUT2D eigenvalue weighted by Crippen LogP contribution is 2.23. The van der Waals surface area contributed by atoms with Crippen LogP contribution in [0.3, 0.4) is 0 Å². The van der Waals surface area contributed by atoms with Gasteiger partial charge in [-0.2, -0.15) is 0 Å². The maximum atomic E-state index is 10.6. The third kappa shape index (κ3) is 2.00. The Morgan fingerprint density at radius 2 is 2.06 bits per heavy atom. The maximum Gasteiger partial charge on any atom is 0.358 e. The zero-order chi connectivity index (χ0) is 11.7. The van der Waals surface area contributed by atoms with Gasteiger partial charge in [-0.25, -0.2) is 9.48 Å². The van der Waals surface area contributed by atoms with Crippen LogP contribution in [0, 0.1) is 0 Å². The van der Waals surface area contributed by atoms with Crippen molar-refractivity contribution >= 4 is 29.2 Å². The lowest BCUT2D eigenvalue weighted by atomic mass is 10.3. The van der Waals surface area contributed by atoms with E-state index in [9.17, 15) is 4.79 Å². The summed E-state index contributed by atoms with van der Waals surface area (Å²) in [5.41, 5.74) is 0.459. The summed E-state index contributed by atoms with van der Waals surface area (Å²) >= 11 is 11.6. The summed E-state index contributed by atoms with van der Waals surface area (Å²) in [6.45, 7) is 0. The highest BCUT2D eigenvalue weighted by Gasteiger charge is 2.09. The highest BCUT2D eigenvalue weighted by molar-refractivity contribution is 6.42. The molecule has 82 valence electrons. The number of carboxylic acid groups (broad SMARTS) is 1. The van der Waals surface area contributed by atoms with Crippen molar-refractivity contribution in [3.8, 4) is 5.69 Å². The summed E-state index contributed by atoms with van der Waals surface area (Å²) in [5.74, 6) is -1.13. The fourth-order valence-corrected chi connectivity index (χ4v) is 1.41. The Morgan fingerprint density at radius 3 is 2.62 bits per heavy atom. The Morgan fingerprint density at radius 1 is 1.31 bits per heavy atom. The van der Waals surface area contributed by atoms with Gasteiger partial charge in [0.15, 0.2) is 5.69 Å². The van der Waals surface area contributed by atoms with Crippen molar-refractivity contribution in [3.05, 3.63) is 40.1 Å². The van der Waals surface area contributed by atoms with Crippen molar-refractivity contribution in [3.63, 3.8) is 0 Å². The van der Waals surface area contributed by atoms with Gasteiger partial charge >= 0.3 is 5.97 Å². The first-order chi connectivity index (χ1) is 7.58. The molecule has 16 heavy (non-hydrogen) atoms. The van der Waals surface area contributed by atoms with Crippen molar-refractivity contribution in [2.45, 2.75) is 0 Å². The molecule has 0 fully saturated rings. The number of carboxylic acids is 1. The van der Waals surface area contributed by atoms with E-state index >= 15 is 0 Å². The molecule has 0 saturated carbocycles. The van der Waals surface area contributed by atoms with Crippen LogP contribution in [0.25, 0.3) is 5.69 Å². The number of aromatic nitrogens is 3. The fourth-order valence-electron chi connectivity index (χ4n) is 1.12. The Labute approximate surface area is 100 Å². The number of hydrogen-bond donors (Lipinski definition) is 1. The van der Waals surface area contributed by atoms with E-state index in [1.165, 1.54) is 10.9 Å². The molecular weight excluding hydrogens is 253 g/mol. The maximum absolute atomic E-state index is 10.6. The van der Waals surface area contributed by atoms with Gasteiger partial charge in [0.1, 0.15) is 0 Å². The highest BCUT2D eigenvalue weighted by atomic mass is 35.5. The SMILES string of the molecule is O=C(O)c1cn(-c2ccc(Cl)c(Cl)c2)nn1. The van der Waals surface area contributed by atoms with Crippen molar-refractivity contribution in [1.82, 2.24) is 15.0 Å². The van der Waals surface area contributed by atoms with Gasteiger partial charge in [-0.15, -0.1) is 5.10 Å². The first-order valence-corrected chi connectivity index (χ1v) is 4.94. The van der Waals surface area contributed by atoms with Gasteiger partial charge in [0.05, 0.1) is 21.9 Å². The third-order valence-corrected chi connectivity index (χ3v) is 2.62. The van der Waals surface area contributed by atoms with Crippen LogP contribution >= 0.6 is 23.2 Å². The summed E-state index contributed by atoms with van der Waals surface area (Å²) in [4.78, 5) is 10.6. The van der Waals surface area contributed by atoms with Crippen LogP contribution in [0.15, 0.2) is 24.4 Å². The fraction of sp³-hybridized carbons (Fsp3) is 0. The molecule has 0 amide bonds. The van der Waals surface area contributed by atoms with Crippen LogP contribution in [-0.2, 0) is 0 Å². The van der Waals surface area contributed by atoms with Crippen LogP contribution in [0.2, 0.25) is 10.0 Å². The second-order valence-corrected chi connectivity index (χ2v) is 3.77. The summed E-state index contributed by atoms with van der Waals surface area (Å²) in [7, 11) is 0. The molecule has 0 aliphatic heterocycles. The van der Waals surface area contributed by atoms with Gasteiger partial charge in [0.25, 0.3) is 0 Å². The molecule has 1 N–H and O–H groups in total. The Balaban J connectivity index is 2.42. The molecule has 1 heterocycles. The van der Waals surface area contributed by atoms with Crippen LogP contribution in [0.5, 0.6) is 0 Å². The average Bonchev–Trinajstić information content (AvgIpc) is 2.71. The smallest absolute Gasteiger partial charge is 0.358 e. The molecule has 7 heteroatoms. The van der Waals surface area contributed by atoms with Crippen molar-refractivity contribution in [2.75, 3.05) is 0 Å². The Kier molecular flexibility index (Phi) is 2.80. The lowest BCUT2D eigenvalue weighted by Gasteiger charge is -2.01. The van der Waals surface area contributed by atoms with E-state index in [0.717, 1.165) is 0 Å². The molecule has 0 saturated heterocycles. The standard InChI is InChI=1S/C9H5Cl2N3O2/c10-6-2-1-5(3-7(6)11)14-4-8(9(15)16)12-13-14/h1-4H,(H,15,16). The molecule has 2 aromatic rings. The number of nitrogens with zero attached hydrogens (tertiary/aromatic N) is 3. The monoisotopic (exact) mass is 257 g/mol. The van der Waals surface area contributed by atoms with Gasteiger partial charge in [-0.1, -0.05) is 28.4 Å². The van der Waals surface area contributed by atoms with Gasteiger partial charge in [-0.05, 0) is 18.2 Å². The number of halogens is 2. The van der Waals surface area contributed by atoms with Gasteiger partial charge < -0.3 is 5.11 Å². The first kappa shape index (κ1) is 10.9. The molecule has 2 rings (SSSR count). The molecule has 0 radical (unpaired) electrons. The molecule has 0 aliphatic rings. The minimum Gasteiger partial charge on any atom is -0.476 e. The van der Waals surface area contributed by atoms with Gasteiger partial charge in [0, 0.05) is 0 Å². The minimum absolute atomic E-state index is 0.133. The summed E-state index contributed by atoms with van der Waals surface area (Å²) in [6.07, 6.45) is 1.29. The van der Waals surface area contributed by atoms with Crippen LogP contribution in [0.1, 0.15) is 10.5 Å². The lowest BCUT2D eigenvalue weighted by molar-refractivity contribution is 0.0690. The Hall–Kier alpha value is -1.59. The van der Waals surface area contributed by atoms with E-state index < -0.39 is 5.97 Å². The van der Waals surface area contributed by atoms with E-state index in [0.29, 0.717) is 15.7 Å². The zero-order valence-corrected chi connectivity index (χ0v) is 9.27. The average molecular weight is 258 g/mol. The molecule has 1 aromatic carbocycles. The minimum atomic E-state index is -1.13. The first-order valence-electron chi connectivity index (χ1n) is 4.19. The summed E-state index contributed by atoms with van der Waals surface area (Å²) in [6, 6.07) is 4.83. The van der Waals surface area contributed by atoms with E-state index in [1.807, 2.05) is 0 Å². The van der Waals surface area contributed by atoms with Crippen molar-refractivity contribution in [1.29, 1.82) is 0 Å². The topological polar surface area (TPSA) is 68.0 Å². The third-order valence-electron chi connectivity index (χ3n) is 1.88. The molecule has 0 unspecified atom stereocenters. The van der Waals surface area contributed by atoms with Gasteiger partial charge in [-0.3, -0.25) is 0 Å². The van der Waals surface area contributed by atoms with Crippen LogP contribution in [0.4, 0.5) is 0 Å². The van der Waals surface area contributed by atoms with Crippen molar-refractivity contribution in [2.24, 2.45) is 0 Å². The summed E-state index contributed by atoms with van der Waals surface area (Å²) in [5, 5.41) is 16.6. The largest absolute Gasteiger partial charge is 0.476 e. The molecule has 0 spiro atoms. The normalized spacial score (nSPS) is 10.4. The second kappa shape index (κ2) is 4.11. The van der Waals surface area contributed by atoms with E-state index in [1.54, 1.807) is 18.2 Å². The molecular formula is C9H5Cl2N3O2. The van der Waals surface area contributed by atoms with E-state index in [2.05, 4.69) is 10.3 Å². The second-order valence-electron chi connectivity index (χ2n) is 2.95. The summed E-state index contributed by atoms with van der Waals surface area (Å²) < 4.78 is 1.31. The molecule has 1 aromatic heterocycles. The number of aromatic carboxylic acids is 1. The number of carbonyl (C=O) groups is 1. The predicted molar refractivity (Wildman–Crippen MR) is 58.3 cm³/mol. The number of hydrogen-bond acceptors (Lipinski definition) is 3. The quantitative estimate of drug-likeness (QED) is 0.897. The molecule has 5 nitrogen and oxygen atoms in total. The molecule has 0 bridgehead atoms.